The fourth-order valence-electron chi connectivity index (χ4n) is 6.54. The first-order valence-corrected chi connectivity index (χ1v) is 12.7. The van der Waals surface area contributed by atoms with Crippen molar-refractivity contribution in [2.45, 2.75) is 58.2 Å². The van der Waals surface area contributed by atoms with Gasteiger partial charge in [0.25, 0.3) is 5.91 Å². The molecule has 0 aliphatic carbocycles. The maximum atomic E-state index is 14.4. The van der Waals surface area contributed by atoms with Crippen LogP contribution in [0.3, 0.4) is 0 Å². The Bertz CT molecular complexity index is 1270. The molecule has 5 rings (SSSR count). The zero-order valence-electron chi connectivity index (χ0n) is 22.1. The Morgan fingerprint density at radius 2 is 1.54 bits per heavy atom. The summed E-state index contributed by atoms with van der Waals surface area (Å²) >= 11 is 0. The number of nitrogens with zero attached hydrogens (tertiary/aromatic N) is 3. The van der Waals surface area contributed by atoms with E-state index in [4.69, 9.17) is 4.74 Å². The summed E-state index contributed by atoms with van der Waals surface area (Å²) in [5.74, 6) is -2.39. The highest BCUT2D eigenvalue weighted by Gasteiger charge is 2.77. The molecular weight excluding hydrogens is 470 g/mol. The van der Waals surface area contributed by atoms with Crippen molar-refractivity contribution in [3.63, 3.8) is 0 Å². The van der Waals surface area contributed by atoms with Gasteiger partial charge in [-0.05, 0) is 62.9 Å². The Kier molecular flexibility index (Phi) is 5.69. The number of para-hydroxylation sites is 1. The average Bonchev–Trinajstić information content (AvgIpc) is 3.37. The SMILES string of the molecule is COc1ccc(C2C3C(=O)N(C(C)(C)C)C(=O)C3[C@]3(CC(C)C)C(=O)N(c4ccccc4)C(=O)N23)cc1. The standard InChI is InChI=1S/C29H33N3O5/c1-17(2)16-29-22-21(24(33)32(25(22)34)28(3,4)5)23(18-12-14-20(37-6)15-13-18)31(29)27(36)30(26(29)35)19-10-8-7-9-11-19/h7-15,17,21-23H,16H2,1-6H3/t21?,22?,23?,29-/m1/s1. The Balaban J connectivity index is 1.77. The molecule has 0 spiro atoms. The van der Waals surface area contributed by atoms with Gasteiger partial charge in [-0.1, -0.05) is 44.2 Å². The molecule has 5 amide bonds. The highest BCUT2D eigenvalue weighted by molar-refractivity contribution is 6.26. The van der Waals surface area contributed by atoms with Crippen molar-refractivity contribution in [1.82, 2.24) is 9.80 Å². The number of benzene rings is 2. The van der Waals surface area contributed by atoms with Crippen LogP contribution in [0, 0.1) is 17.8 Å². The summed E-state index contributed by atoms with van der Waals surface area (Å²) in [6.45, 7) is 9.38. The third-order valence-corrected chi connectivity index (χ3v) is 7.75. The molecule has 37 heavy (non-hydrogen) atoms. The van der Waals surface area contributed by atoms with Gasteiger partial charge in [0, 0.05) is 5.54 Å². The molecule has 3 aliphatic rings. The van der Waals surface area contributed by atoms with E-state index < -0.39 is 40.9 Å². The molecule has 4 atom stereocenters. The van der Waals surface area contributed by atoms with Crippen molar-refractivity contribution in [2.24, 2.45) is 17.8 Å². The summed E-state index contributed by atoms with van der Waals surface area (Å²) < 4.78 is 5.32. The summed E-state index contributed by atoms with van der Waals surface area (Å²) in [7, 11) is 1.56. The minimum Gasteiger partial charge on any atom is -0.497 e. The van der Waals surface area contributed by atoms with Crippen molar-refractivity contribution in [3.05, 3.63) is 60.2 Å². The molecule has 8 heteroatoms. The van der Waals surface area contributed by atoms with Crippen molar-refractivity contribution < 1.29 is 23.9 Å². The molecule has 3 fully saturated rings. The molecule has 0 saturated carbocycles. The van der Waals surface area contributed by atoms with Crippen molar-refractivity contribution in [2.75, 3.05) is 12.0 Å². The molecule has 0 N–H and O–H groups in total. The fraction of sp³-hybridized carbons (Fsp3) is 0.448. The average molecular weight is 504 g/mol. The summed E-state index contributed by atoms with van der Waals surface area (Å²) in [4.78, 5) is 60.8. The number of hydrogen-bond acceptors (Lipinski definition) is 5. The molecule has 0 radical (unpaired) electrons. The smallest absolute Gasteiger partial charge is 0.332 e. The van der Waals surface area contributed by atoms with Crippen LogP contribution in [0.2, 0.25) is 0 Å². The van der Waals surface area contributed by atoms with Gasteiger partial charge in [-0.2, -0.15) is 0 Å². The normalized spacial score (nSPS) is 27.4. The predicted octanol–water partition coefficient (Wildman–Crippen LogP) is 4.40. The number of ether oxygens (including phenoxy) is 1. The zero-order chi connectivity index (χ0) is 26.9. The van der Waals surface area contributed by atoms with Gasteiger partial charge in [0.2, 0.25) is 11.8 Å². The predicted molar refractivity (Wildman–Crippen MR) is 138 cm³/mol. The Labute approximate surface area is 217 Å². The number of hydrogen-bond donors (Lipinski definition) is 0. The van der Waals surface area contributed by atoms with Crippen molar-refractivity contribution in [1.29, 1.82) is 0 Å². The van der Waals surface area contributed by atoms with E-state index in [2.05, 4.69) is 0 Å². The van der Waals surface area contributed by atoms with Crippen LogP contribution in [0.15, 0.2) is 54.6 Å². The largest absolute Gasteiger partial charge is 0.497 e. The van der Waals surface area contributed by atoms with Crippen molar-refractivity contribution >= 4 is 29.4 Å². The lowest BCUT2D eigenvalue weighted by Crippen LogP contribution is -2.56. The molecular formula is C29H33N3O5. The van der Waals surface area contributed by atoms with E-state index in [1.54, 1.807) is 48.4 Å². The summed E-state index contributed by atoms with van der Waals surface area (Å²) in [5.41, 5.74) is -1.10. The lowest BCUT2D eigenvalue weighted by Gasteiger charge is -2.38. The van der Waals surface area contributed by atoms with Crippen LogP contribution in [0.1, 0.15) is 52.6 Å². The fourth-order valence-corrected chi connectivity index (χ4v) is 6.54. The number of methoxy groups -OCH3 is 1. The third kappa shape index (κ3) is 3.41. The van der Waals surface area contributed by atoms with Gasteiger partial charge in [0.15, 0.2) is 0 Å². The molecule has 3 unspecified atom stereocenters. The first kappa shape index (κ1) is 25.0. The van der Waals surface area contributed by atoms with E-state index >= 15 is 0 Å². The van der Waals surface area contributed by atoms with Gasteiger partial charge in [-0.15, -0.1) is 0 Å². The molecule has 2 aromatic carbocycles. The number of fused-ring (bicyclic) bond motifs is 3. The highest BCUT2D eigenvalue weighted by atomic mass is 16.5. The van der Waals surface area contributed by atoms with Gasteiger partial charge < -0.3 is 9.64 Å². The zero-order valence-corrected chi connectivity index (χ0v) is 22.1. The summed E-state index contributed by atoms with van der Waals surface area (Å²) in [6, 6.07) is 14.7. The Hall–Kier alpha value is -3.68. The number of carbonyl (C=O) groups is 4. The van der Waals surface area contributed by atoms with Crippen LogP contribution in [0.25, 0.3) is 0 Å². The second-order valence-corrected chi connectivity index (χ2v) is 11.6. The van der Waals surface area contributed by atoms with E-state index in [1.165, 1.54) is 9.80 Å². The van der Waals surface area contributed by atoms with Crippen molar-refractivity contribution in [3.8, 4) is 5.75 Å². The Morgan fingerprint density at radius 1 is 0.919 bits per heavy atom. The lowest BCUT2D eigenvalue weighted by molar-refractivity contribution is -0.149. The maximum absolute atomic E-state index is 14.4. The minimum absolute atomic E-state index is 0.0168. The topological polar surface area (TPSA) is 87.2 Å². The van der Waals surface area contributed by atoms with Gasteiger partial charge in [-0.3, -0.25) is 19.3 Å². The van der Waals surface area contributed by atoms with E-state index in [0.29, 0.717) is 17.0 Å². The van der Waals surface area contributed by atoms with E-state index in [1.807, 2.05) is 52.8 Å². The second-order valence-electron chi connectivity index (χ2n) is 11.6. The van der Waals surface area contributed by atoms with Crippen LogP contribution in [-0.2, 0) is 14.4 Å². The molecule has 0 aromatic heterocycles. The monoisotopic (exact) mass is 503 g/mol. The maximum Gasteiger partial charge on any atom is 0.332 e. The van der Waals surface area contributed by atoms with E-state index in [-0.39, 0.29) is 24.2 Å². The van der Waals surface area contributed by atoms with Crippen LogP contribution >= 0.6 is 0 Å². The van der Waals surface area contributed by atoms with Gasteiger partial charge in [0.1, 0.15) is 11.3 Å². The molecule has 0 bridgehead atoms. The van der Waals surface area contributed by atoms with Crippen LogP contribution in [-0.4, -0.2) is 51.7 Å². The number of urea groups is 1. The van der Waals surface area contributed by atoms with E-state index in [0.717, 1.165) is 0 Å². The third-order valence-electron chi connectivity index (χ3n) is 7.75. The van der Waals surface area contributed by atoms with Crippen LogP contribution in [0.5, 0.6) is 5.75 Å². The van der Waals surface area contributed by atoms with Gasteiger partial charge in [0.05, 0.1) is 30.7 Å². The van der Waals surface area contributed by atoms with E-state index in [9.17, 15) is 19.2 Å². The molecule has 8 nitrogen and oxygen atoms in total. The van der Waals surface area contributed by atoms with Gasteiger partial charge in [-0.25, -0.2) is 9.69 Å². The first-order chi connectivity index (χ1) is 17.4. The summed E-state index contributed by atoms with van der Waals surface area (Å²) in [6.07, 6.45) is 0.270. The quantitative estimate of drug-likeness (QED) is 0.446. The second kappa shape index (κ2) is 8.43. The number of carbonyl (C=O) groups excluding carboxylic acids is 4. The first-order valence-electron chi connectivity index (χ1n) is 12.7. The molecule has 3 aliphatic heterocycles. The lowest BCUT2D eigenvalue weighted by atomic mass is 9.74. The molecule has 3 heterocycles. The number of amides is 5. The van der Waals surface area contributed by atoms with Crippen LogP contribution < -0.4 is 9.64 Å². The number of rotatable bonds is 5. The number of imide groups is 2. The van der Waals surface area contributed by atoms with Crippen LogP contribution in [0.4, 0.5) is 10.5 Å². The molecule has 194 valence electrons. The minimum atomic E-state index is -1.47. The molecule has 2 aromatic rings. The summed E-state index contributed by atoms with van der Waals surface area (Å²) in [5, 5.41) is 0. The molecule has 3 saturated heterocycles. The Morgan fingerprint density at radius 3 is 2.08 bits per heavy atom. The number of anilines is 1. The number of likely N-dealkylation sites (tertiary alicyclic amines) is 1. The van der Waals surface area contributed by atoms with Gasteiger partial charge >= 0.3 is 6.03 Å². The highest BCUT2D eigenvalue weighted by Crippen LogP contribution is 2.61.